The van der Waals surface area contributed by atoms with Gasteiger partial charge in [0.25, 0.3) is 5.91 Å². The molecule has 1 aliphatic heterocycles. The van der Waals surface area contributed by atoms with Gasteiger partial charge in [0, 0.05) is 18.4 Å². The highest BCUT2D eigenvalue weighted by Crippen LogP contribution is 2.28. The SMILES string of the molecule is Cc1ncncc1C(=O)N1CCc2ccccc21. The Bertz CT molecular complexity index is 609. The van der Waals surface area contributed by atoms with Gasteiger partial charge in [0.15, 0.2) is 0 Å². The van der Waals surface area contributed by atoms with Crippen LogP contribution in [0.3, 0.4) is 0 Å². The third-order valence-electron chi connectivity index (χ3n) is 3.27. The van der Waals surface area contributed by atoms with E-state index in [-0.39, 0.29) is 5.91 Å². The van der Waals surface area contributed by atoms with Crippen LogP contribution >= 0.6 is 0 Å². The molecule has 0 spiro atoms. The molecule has 0 radical (unpaired) electrons. The number of para-hydroxylation sites is 1. The molecule has 2 aromatic rings. The summed E-state index contributed by atoms with van der Waals surface area (Å²) in [6.45, 7) is 2.56. The molecule has 0 unspecified atom stereocenters. The predicted molar refractivity (Wildman–Crippen MR) is 68.6 cm³/mol. The number of fused-ring (bicyclic) bond motifs is 1. The maximum absolute atomic E-state index is 12.5. The van der Waals surface area contributed by atoms with Gasteiger partial charge in [-0.25, -0.2) is 9.97 Å². The zero-order valence-electron chi connectivity index (χ0n) is 10.1. The number of nitrogens with zero attached hydrogens (tertiary/aromatic N) is 3. The second kappa shape index (κ2) is 4.22. The summed E-state index contributed by atoms with van der Waals surface area (Å²) >= 11 is 0. The van der Waals surface area contributed by atoms with Crippen molar-refractivity contribution in [3.63, 3.8) is 0 Å². The van der Waals surface area contributed by atoms with E-state index in [0.717, 1.165) is 24.3 Å². The van der Waals surface area contributed by atoms with Crippen LogP contribution in [-0.4, -0.2) is 22.4 Å². The van der Waals surface area contributed by atoms with Gasteiger partial charge in [-0.05, 0) is 25.0 Å². The van der Waals surface area contributed by atoms with E-state index in [4.69, 9.17) is 0 Å². The van der Waals surface area contributed by atoms with Crippen LogP contribution in [0, 0.1) is 6.92 Å². The van der Waals surface area contributed by atoms with Crippen molar-refractivity contribution in [3.8, 4) is 0 Å². The molecule has 1 aromatic heterocycles. The molecule has 18 heavy (non-hydrogen) atoms. The standard InChI is InChI=1S/C14H13N3O/c1-10-12(8-15-9-16-10)14(18)17-7-6-11-4-2-3-5-13(11)17/h2-5,8-9H,6-7H2,1H3. The zero-order chi connectivity index (χ0) is 12.5. The van der Waals surface area contributed by atoms with Crippen LogP contribution in [0.15, 0.2) is 36.8 Å². The second-order valence-electron chi connectivity index (χ2n) is 4.36. The van der Waals surface area contributed by atoms with Crippen molar-refractivity contribution < 1.29 is 4.79 Å². The van der Waals surface area contributed by atoms with E-state index < -0.39 is 0 Å². The number of benzene rings is 1. The van der Waals surface area contributed by atoms with Crippen molar-refractivity contribution in [3.05, 3.63) is 53.6 Å². The fourth-order valence-electron chi connectivity index (χ4n) is 2.30. The van der Waals surface area contributed by atoms with Crippen LogP contribution in [-0.2, 0) is 6.42 Å². The van der Waals surface area contributed by atoms with Crippen LogP contribution in [0.2, 0.25) is 0 Å². The number of amides is 1. The normalized spacial score (nSPS) is 13.5. The summed E-state index contributed by atoms with van der Waals surface area (Å²) in [6.07, 6.45) is 3.96. The highest BCUT2D eigenvalue weighted by atomic mass is 16.2. The van der Waals surface area contributed by atoms with Crippen molar-refractivity contribution >= 4 is 11.6 Å². The number of carbonyl (C=O) groups excluding carboxylic acids is 1. The molecular weight excluding hydrogens is 226 g/mol. The van der Waals surface area contributed by atoms with E-state index in [2.05, 4.69) is 16.0 Å². The number of carbonyl (C=O) groups is 1. The van der Waals surface area contributed by atoms with Gasteiger partial charge in [0.2, 0.25) is 0 Å². The average molecular weight is 239 g/mol. The highest BCUT2D eigenvalue weighted by molar-refractivity contribution is 6.07. The number of rotatable bonds is 1. The lowest BCUT2D eigenvalue weighted by atomic mass is 10.1. The van der Waals surface area contributed by atoms with Gasteiger partial charge in [-0.3, -0.25) is 4.79 Å². The largest absolute Gasteiger partial charge is 0.308 e. The highest BCUT2D eigenvalue weighted by Gasteiger charge is 2.26. The molecule has 0 saturated heterocycles. The number of aryl methyl sites for hydroxylation is 1. The third-order valence-corrected chi connectivity index (χ3v) is 3.27. The van der Waals surface area contributed by atoms with Gasteiger partial charge in [-0.2, -0.15) is 0 Å². The van der Waals surface area contributed by atoms with Crippen LogP contribution < -0.4 is 4.90 Å². The third kappa shape index (κ3) is 1.66. The Kier molecular flexibility index (Phi) is 2.55. The summed E-state index contributed by atoms with van der Waals surface area (Å²) in [6, 6.07) is 8.01. The van der Waals surface area contributed by atoms with Gasteiger partial charge in [-0.15, -0.1) is 0 Å². The molecule has 4 nitrogen and oxygen atoms in total. The molecule has 1 amide bonds. The molecule has 0 atom stereocenters. The summed E-state index contributed by atoms with van der Waals surface area (Å²) in [5.74, 6) is -0.0157. The Labute approximate surface area is 105 Å². The molecule has 1 aromatic carbocycles. The second-order valence-corrected chi connectivity index (χ2v) is 4.36. The van der Waals surface area contributed by atoms with Crippen molar-refractivity contribution in [2.45, 2.75) is 13.3 Å². The molecule has 0 saturated carbocycles. The van der Waals surface area contributed by atoms with E-state index in [1.807, 2.05) is 25.1 Å². The number of aromatic nitrogens is 2. The summed E-state index contributed by atoms with van der Waals surface area (Å²) in [4.78, 5) is 22.3. The molecule has 0 N–H and O–H groups in total. The first-order chi connectivity index (χ1) is 8.77. The van der Waals surface area contributed by atoms with Crippen molar-refractivity contribution in [1.82, 2.24) is 9.97 Å². The lowest BCUT2D eigenvalue weighted by molar-refractivity contribution is 0.0988. The Morgan fingerprint density at radius 2 is 2.17 bits per heavy atom. The summed E-state index contributed by atoms with van der Waals surface area (Å²) < 4.78 is 0. The number of anilines is 1. The summed E-state index contributed by atoms with van der Waals surface area (Å²) in [5, 5.41) is 0. The predicted octanol–water partition coefficient (Wildman–Crippen LogP) is 1.99. The fourth-order valence-corrected chi connectivity index (χ4v) is 2.30. The monoisotopic (exact) mass is 239 g/mol. The minimum atomic E-state index is -0.0157. The van der Waals surface area contributed by atoms with Crippen molar-refractivity contribution in [2.75, 3.05) is 11.4 Å². The molecule has 1 aliphatic rings. The van der Waals surface area contributed by atoms with Crippen molar-refractivity contribution in [1.29, 1.82) is 0 Å². The molecule has 0 aliphatic carbocycles. The van der Waals surface area contributed by atoms with Gasteiger partial charge in [0.05, 0.1) is 11.3 Å². The zero-order valence-corrected chi connectivity index (χ0v) is 10.1. The maximum atomic E-state index is 12.5. The van der Waals surface area contributed by atoms with Gasteiger partial charge in [-0.1, -0.05) is 18.2 Å². The van der Waals surface area contributed by atoms with Crippen LogP contribution in [0.5, 0.6) is 0 Å². The smallest absolute Gasteiger partial charge is 0.261 e. The fraction of sp³-hybridized carbons (Fsp3) is 0.214. The Morgan fingerprint density at radius 3 is 3.00 bits per heavy atom. The minimum Gasteiger partial charge on any atom is -0.308 e. The molecule has 90 valence electrons. The number of hydrogen-bond donors (Lipinski definition) is 0. The number of hydrogen-bond acceptors (Lipinski definition) is 3. The molecule has 0 fully saturated rings. The average Bonchev–Trinajstić information content (AvgIpc) is 2.82. The first-order valence-electron chi connectivity index (χ1n) is 5.94. The first kappa shape index (κ1) is 10.9. The topological polar surface area (TPSA) is 46.1 Å². The van der Waals surface area contributed by atoms with Gasteiger partial charge < -0.3 is 4.90 Å². The van der Waals surface area contributed by atoms with Gasteiger partial charge in [0.1, 0.15) is 6.33 Å². The Balaban J connectivity index is 1.99. The van der Waals surface area contributed by atoms with Crippen LogP contribution in [0.25, 0.3) is 0 Å². The molecular formula is C14H13N3O. The minimum absolute atomic E-state index is 0.0157. The lowest BCUT2D eigenvalue weighted by Gasteiger charge is -2.17. The Morgan fingerprint density at radius 1 is 1.33 bits per heavy atom. The van der Waals surface area contributed by atoms with E-state index in [0.29, 0.717) is 5.56 Å². The molecule has 2 heterocycles. The quantitative estimate of drug-likeness (QED) is 0.764. The molecule has 3 rings (SSSR count). The van der Waals surface area contributed by atoms with Crippen LogP contribution in [0.1, 0.15) is 21.6 Å². The van der Waals surface area contributed by atoms with E-state index >= 15 is 0 Å². The van der Waals surface area contributed by atoms with Crippen LogP contribution in [0.4, 0.5) is 5.69 Å². The lowest BCUT2D eigenvalue weighted by Crippen LogP contribution is -2.29. The summed E-state index contributed by atoms with van der Waals surface area (Å²) in [7, 11) is 0. The summed E-state index contributed by atoms with van der Waals surface area (Å²) in [5.41, 5.74) is 3.53. The maximum Gasteiger partial charge on any atom is 0.261 e. The van der Waals surface area contributed by atoms with E-state index in [9.17, 15) is 4.79 Å². The molecule has 4 heteroatoms. The van der Waals surface area contributed by atoms with Gasteiger partial charge >= 0.3 is 0 Å². The van der Waals surface area contributed by atoms with E-state index in [1.165, 1.54) is 11.9 Å². The van der Waals surface area contributed by atoms with E-state index in [1.54, 1.807) is 11.1 Å². The first-order valence-corrected chi connectivity index (χ1v) is 5.94. The van der Waals surface area contributed by atoms with Crippen molar-refractivity contribution in [2.24, 2.45) is 0 Å². The Hall–Kier alpha value is -2.23. The molecule has 0 bridgehead atoms.